The number of ether oxygens (including phenoxy) is 1. The third-order valence-corrected chi connectivity index (χ3v) is 3.87. The summed E-state index contributed by atoms with van der Waals surface area (Å²) in [6.45, 7) is 1.44. The van der Waals surface area contributed by atoms with E-state index in [1.807, 2.05) is 12.1 Å². The van der Waals surface area contributed by atoms with Crippen molar-refractivity contribution in [1.29, 1.82) is 0 Å². The predicted octanol–water partition coefficient (Wildman–Crippen LogP) is 1.33. The zero-order chi connectivity index (χ0) is 15.6. The number of hydrogen-bond acceptors (Lipinski definition) is 5. The van der Waals surface area contributed by atoms with Crippen LogP contribution in [0.3, 0.4) is 0 Å². The first-order valence-electron chi connectivity index (χ1n) is 7.41. The second kappa shape index (κ2) is 5.77. The van der Waals surface area contributed by atoms with Gasteiger partial charge >= 0.3 is 0 Å². The van der Waals surface area contributed by atoms with Gasteiger partial charge in [-0.05, 0) is 24.3 Å². The Morgan fingerprint density at radius 3 is 3.04 bits per heavy atom. The molecule has 4 rings (SSSR count). The largest absolute Gasteiger partial charge is 0.371 e. The molecular weight excluding hydrogens is 294 g/mol. The molecule has 23 heavy (non-hydrogen) atoms. The van der Waals surface area contributed by atoms with Gasteiger partial charge in [0.2, 0.25) is 0 Å². The van der Waals surface area contributed by atoms with Gasteiger partial charge in [0.1, 0.15) is 17.9 Å². The lowest BCUT2D eigenvalue weighted by molar-refractivity contribution is 0.0551. The Labute approximate surface area is 132 Å². The monoisotopic (exact) mass is 309 g/mol. The van der Waals surface area contributed by atoms with Crippen LogP contribution in [0.25, 0.3) is 11.2 Å². The summed E-state index contributed by atoms with van der Waals surface area (Å²) < 4.78 is 7.66. The van der Waals surface area contributed by atoms with Crippen molar-refractivity contribution in [3.63, 3.8) is 0 Å². The van der Waals surface area contributed by atoms with Gasteiger partial charge in [-0.15, -0.1) is 0 Å². The second-order valence-corrected chi connectivity index (χ2v) is 5.36. The molecule has 3 aromatic rings. The third kappa shape index (κ3) is 2.55. The molecule has 116 valence electrons. The van der Waals surface area contributed by atoms with E-state index in [0.29, 0.717) is 25.3 Å². The van der Waals surface area contributed by atoms with Crippen molar-refractivity contribution in [3.05, 3.63) is 54.2 Å². The summed E-state index contributed by atoms with van der Waals surface area (Å²) in [6.07, 6.45) is 4.95. The number of carbonyl (C=O) groups excluding carboxylic acids is 1. The molecule has 0 fully saturated rings. The normalized spacial score (nSPS) is 17.0. The fourth-order valence-corrected chi connectivity index (χ4v) is 2.79. The number of nitrogens with one attached hydrogen (secondary N) is 1. The fourth-order valence-electron chi connectivity index (χ4n) is 2.79. The van der Waals surface area contributed by atoms with Crippen LogP contribution in [0.1, 0.15) is 22.2 Å². The highest BCUT2D eigenvalue weighted by Gasteiger charge is 2.25. The van der Waals surface area contributed by atoms with E-state index in [-0.39, 0.29) is 11.9 Å². The van der Waals surface area contributed by atoms with Crippen molar-refractivity contribution < 1.29 is 9.53 Å². The molecule has 1 N–H and O–H groups in total. The SMILES string of the molecule is O=C(NCC1COCc2nc3cccnc3n21)c1ccncc1. The molecule has 0 aromatic carbocycles. The minimum atomic E-state index is -0.128. The van der Waals surface area contributed by atoms with Crippen LogP contribution in [0.15, 0.2) is 42.9 Å². The third-order valence-electron chi connectivity index (χ3n) is 3.87. The fraction of sp³-hybridized carbons (Fsp3) is 0.250. The van der Waals surface area contributed by atoms with Crippen LogP contribution in [0.5, 0.6) is 0 Å². The zero-order valence-corrected chi connectivity index (χ0v) is 12.3. The van der Waals surface area contributed by atoms with Gasteiger partial charge in [-0.1, -0.05) is 0 Å². The van der Waals surface area contributed by atoms with Crippen molar-refractivity contribution in [2.24, 2.45) is 0 Å². The maximum atomic E-state index is 12.2. The number of nitrogens with zero attached hydrogens (tertiary/aromatic N) is 4. The smallest absolute Gasteiger partial charge is 0.251 e. The van der Waals surface area contributed by atoms with Crippen LogP contribution in [-0.2, 0) is 11.3 Å². The summed E-state index contributed by atoms with van der Waals surface area (Å²) in [5.74, 6) is 0.713. The van der Waals surface area contributed by atoms with E-state index in [4.69, 9.17) is 4.74 Å². The van der Waals surface area contributed by atoms with Crippen molar-refractivity contribution in [3.8, 4) is 0 Å². The second-order valence-electron chi connectivity index (χ2n) is 5.36. The summed E-state index contributed by atoms with van der Waals surface area (Å²) in [5.41, 5.74) is 2.26. The number of pyridine rings is 2. The summed E-state index contributed by atoms with van der Waals surface area (Å²) in [5, 5.41) is 2.94. The summed E-state index contributed by atoms with van der Waals surface area (Å²) in [7, 11) is 0. The molecule has 1 aliphatic rings. The summed E-state index contributed by atoms with van der Waals surface area (Å²) in [6, 6.07) is 7.14. The zero-order valence-electron chi connectivity index (χ0n) is 12.3. The van der Waals surface area contributed by atoms with Gasteiger partial charge in [-0.3, -0.25) is 9.78 Å². The van der Waals surface area contributed by atoms with Gasteiger partial charge in [-0.2, -0.15) is 0 Å². The van der Waals surface area contributed by atoms with Gasteiger partial charge in [0, 0.05) is 30.7 Å². The minimum absolute atomic E-state index is 0.0237. The van der Waals surface area contributed by atoms with Crippen molar-refractivity contribution in [1.82, 2.24) is 24.8 Å². The molecule has 1 atom stereocenters. The van der Waals surface area contributed by atoms with Crippen LogP contribution in [0.2, 0.25) is 0 Å². The molecule has 4 heterocycles. The van der Waals surface area contributed by atoms with Crippen LogP contribution in [-0.4, -0.2) is 38.6 Å². The first-order chi connectivity index (χ1) is 11.3. The molecule has 0 spiro atoms. The van der Waals surface area contributed by atoms with Crippen LogP contribution in [0.4, 0.5) is 0 Å². The van der Waals surface area contributed by atoms with Gasteiger partial charge < -0.3 is 14.6 Å². The number of rotatable bonds is 3. The quantitative estimate of drug-likeness (QED) is 0.789. The molecule has 0 radical (unpaired) electrons. The first kappa shape index (κ1) is 13.8. The Morgan fingerprint density at radius 1 is 1.30 bits per heavy atom. The van der Waals surface area contributed by atoms with E-state index in [0.717, 1.165) is 17.0 Å². The lowest BCUT2D eigenvalue weighted by atomic mass is 10.2. The van der Waals surface area contributed by atoms with Crippen molar-refractivity contribution in [2.75, 3.05) is 13.2 Å². The summed E-state index contributed by atoms with van der Waals surface area (Å²) in [4.78, 5) is 25.1. The molecule has 0 saturated heterocycles. The molecule has 0 aliphatic carbocycles. The Kier molecular flexibility index (Phi) is 3.47. The van der Waals surface area contributed by atoms with Gasteiger partial charge in [-0.25, -0.2) is 9.97 Å². The maximum Gasteiger partial charge on any atom is 0.251 e. The van der Waals surface area contributed by atoms with E-state index >= 15 is 0 Å². The lowest BCUT2D eigenvalue weighted by Gasteiger charge is -2.25. The molecule has 3 aromatic heterocycles. The molecular formula is C16H15N5O2. The number of imidazole rings is 1. The Hall–Kier alpha value is -2.80. The molecule has 1 aliphatic heterocycles. The van der Waals surface area contributed by atoms with E-state index in [1.165, 1.54) is 0 Å². The Morgan fingerprint density at radius 2 is 2.17 bits per heavy atom. The van der Waals surface area contributed by atoms with Crippen LogP contribution in [0, 0.1) is 0 Å². The van der Waals surface area contributed by atoms with Gasteiger partial charge in [0.15, 0.2) is 5.65 Å². The maximum absolute atomic E-state index is 12.2. The van der Waals surface area contributed by atoms with E-state index in [9.17, 15) is 4.79 Å². The highest BCUT2D eigenvalue weighted by Crippen LogP contribution is 2.24. The minimum Gasteiger partial charge on any atom is -0.371 e. The number of amides is 1. The standard InChI is InChI=1S/C16H15N5O2/c22-16(11-3-6-17-7-4-11)19-8-12-9-23-10-14-20-13-2-1-5-18-15(13)21(12)14/h1-7,12H,8-10H2,(H,19,22). The van der Waals surface area contributed by atoms with E-state index in [2.05, 4.69) is 24.8 Å². The van der Waals surface area contributed by atoms with E-state index in [1.54, 1.807) is 30.7 Å². The van der Waals surface area contributed by atoms with Crippen molar-refractivity contribution in [2.45, 2.75) is 12.6 Å². The van der Waals surface area contributed by atoms with Crippen molar-refractivity contribution >= 4 is 17.1 Å². The molecule has 1 unspecified atom stereocenters. The molecule has 7 nitrogen and oxygen atoms in total. The highest BCUT2D eigenvalue weighted by atomic mass is 16.5. The lowest BCUT2D eigenvalue weighted by Crippen LogP contribution is -2.35. The predicted molar refractivity (Wildman–Crippen MR) is 82.8 cm³/mol. The Bertz CT molecular complexity index is 846. The first-order valence-corrected chi connectivity index (χ1v) is 7.41. The van der Waals surface area contributed by atoms with Crippen LogP contribution < -0.4 is 5.32 Å². The average molecular weight is 309 g/mol. The Balaban J connectivity index is 1.56. The molecule has 0 saturated carbocycles. The topological polar surface area (TPSA) is 81.9 Å². The number of fused-ring (bicyclic) bond motifs is 3. The number of hydrogen-bond donors (Lipinski definition) is 1. The van der Waals surface area contributed by atoms with E-state index < -0.39 is 0 Å². The van der Waals surface area contributed by atoms with Crippen LogP contribution >= 0.6 is 0 Å². The highest BCUT2D eigenvalue weighted by molar-refractivity contribution is 5.93. The number of carbonyl (C=O) groups is 1. The van der Waals surface area contributed by atoms with Gasteiger partial charge in [0.05, 0.1) is 12.6 Å². The molecule has 7 heteroatoms. The number of aromatic nitrogens is 4. The molecule has 0 bridgehead atoms. The van der Waals surface area contributed by atoms with Gasteiger partial charge in [0.25, 0.3) is 5.91 Å². The summed E-state index contributed by atoms with van der Waals surface area (Å²) >= 11 is 0. The average Bonchev–Trinajstić information content (AvgIpc) is 2.99. The molecule has 1 amide bonds.